The van der Waals surface area contributed by atoms with Crippen molar-refractivity contribution < 1.29 is 4.74 Å². The number of hydrogen-bond acceptors (Lipinski definition) is 3. The second kappa shape index (κ2) is 6.45. The third-order valence-corrected chi connectivity index (χ3v) is 4.71. The van der Waals surface area contributed by atoms with Gasteiger partial charge < -0.3 is 4.74 Å². The van der Waals surface area contributed by atoms with Crippen molar-refractivity contribution in [2.24, 2.45) is 5.41 Å². The Morgan fingerprint density at radius 2 is 1.81 bits per heavy atom. The molecule has 1 aromatic heterocycles. The number of hydrogen-bond donors (Lipinski definition) is 0. The number of ether oxygens (including phenoxy) is 1. The van der Waals surface area contributed by atoms with Crippen LogP contribution in [0.1, 0.15) is 25.2 Å². The largest absolute Gasteiger partial charge is 0.489 e. The third-order valence-electron chi connectivity index (χ3n) is 4.71. The van der Waals surface area contributed by atoms with Gasteiger partial charge in [-0.25, -0.2) is 4.98 Å². The van der Waals surface area contributed by atoms with Crippen LogP contribution in [0.25, 0.3) is 11.3 Å². The van der Waals surface area contributed by atoms with Crippen LogP contribution < -0.4 is 10.3 Å². The molecule has 1 aliphatic rings. The Kier molecular flexibility index (Phi) is 4.11. The minimum absolute atomic E-state index is 0.0278. The Labute approximate surface area is 153 Å². The highest BCUT2D eigenvalue weighted by atomic mass is 16.5. The highest BCUT2D eigenvalue weighted by molar-refractivity contribution is 5.59. The molecule has 0 spiro atoms. The standard InChI is InChI=1S/C22H22N2O2/c1-22(2)13-20-23-19(12-21(25)24(20)15-22)17-8-10-18(11-9-17)26-14-16-6-4-3-5-7-16/h3-12H,13-15H2,1-2H3. The average Bonchev–Trinajstić information content (AvgIpc) is 2.96. The van der Waals surface area contributed by atoms with E-state index in [0.29, 0.717) is 6.61 Å². The maximum Gasteiger partial charge on any atom is 0.254 e. The molecule has 0 atom stereocenters. The molecular weight excluding hydrogens is 324 g/mol. The highest BCUT2D eigenvalue weighted by Crippen LogP contribution is 2.30. The zero-order valence-corrected chi connectivity index (χ0v) is 15.1. The van der Waals surface area contributed by atoms with E-state index in [2.05, 4.69) is 13.8 Å². The maximum absolute atomic E-state index is 12.4. The van der Waals surface area contributed by atoms with Gasteiger partial charge in [-0.1, -0.05) is 44.2 Å². The van der Waals surface area contributed by atoms with E-state index in [1.165, 1.54) is 0 Å². The Bertz CT molecular complexity index is 973. The normalized spacial score (nSPS) is 14.8. The van der Waals surface area contributed by atoms with Gasteiger partial charge in [-0.05, 0) is 35.2 Å². The smallest absolute Gasteiger partial charge is 0.254 e. The van der Waals surface area contributed by atoms with Crippen LogP contribution in [0.3, 0.4) is 0 Å². The van der Waals surface area contributed by atoms with E-state index in [4.69, 9.17) is 9.72 Å². The Morgan fingerprint density at radius 1 is 1.08 bits per heavy atom. The third kappa shape index (κ3) is 3.40. The highest BCUT2D eigenvalue weighted by Gasteiger charge is 2.30. The fourth-order valence-corrected chi connectivity index (χ4v) is 3.38. The molecule has 2 heterocycles. The van der Waals surface area contributed by atoms with Gasteiger partial charge in [0.05, 0.1) is 5.69 Å². The van der Waals surface area contributed by atoms with E-state index in [1.807, 2.05) is 54.6 Å². The average molecular weight is 346 g/mol. The van der Waals surface area contributed by atoms with Crippen molar-refractivity contribution >= 4 is 0 Å². The van der Waals surface area contributed by atoms with Gasteiger partial charge >= 0.3 is 0 Å². The molecule has 1 aliphatic heterocycles. The van der Waals surface area contributed by atoms with Gasteiger partial charge in [-0.15, -0.1) is 0 Å². The van der Waals surface area contributed by atoms with E-state index >= 15 is 0 Å². The summed E-state index contributed by atoms with van der Waals surface area (Å²) in [6, 6.07) is 19.5. The summed E-state index contributed by atoms with van der Waals surface area (Å²) in [6.07, 6.45) is 0.828. The van der Waals surface area contributed by atoms with Crippen molar-refractivity contribution in [2.45, 2.75) is 33.4 Å². The zero-order valence-electron chi connectivity index (χ0n) is 15.1. The fraction of sp³-hybridized carbons (Fsp3) is 0.273. The molecule has 4 heteroatoms. The van der Waals surface area contributed by atoms with E-state index in [1.54, 1.807) is 10.6 Å². The molecule has 3 aromatic rings. The van der Waals surface area contributed by atoms with Crippen molar-refractivity contribution in [1.29, 1.82) is 0 Å². The second-order valence-corrected chi connectivity index (χ2v) is 7.62. The van der Waals surface area contributed by atoms with Crippen molar-refractivity contribution in [1.82, 2.24) is 9.55 Å². The fourth-order valence-electron chi connectivity index (χ4n) is 3.38. The number of fused-ring (bicyclic) bond motifs is 1. The second-order valence-electron chi connectivity index (χ2n) is 7.62. The molecule has 0 fully saturated rings. The summed E-state index contributed by atoms with van der Waals surface area (Å²) in [5.74, 6) is 1.68. The molecule has 0 saturated carbocycles. The Hall–Kier alpha value is -2.88. The minimum atomic E-state index is 0.0278. The number of nitrogens with zero attached hydrogens (tertiary/aromatic N) is 2. The summed E-state index contributed by atoms with van der Waals surface area (Å²) in [6.45, 7) is 5.60. The first kappa shape index (κ1) is 16.6. The van der Waals surface area contributed by atoms with Crippen LogP contribution in [0.2, 0.25) is 0 Å². The predicted octanol–water partition coefficient (Wildman–Crippen LogP) is 4.07. The van der Waals surface area contributed by atoms with Crippen molar-refractivity contribution in [2.75, 3.05) is 0 Å². The molecule has 0 radical (unpaired) electrons. The number of aromatic nitrogens is 2. The van der Waals surface area contributed by atoms with E-state index in [-0.39, 0.29) is 11.0 Å². The van der Waals surface area contributed by atoms with Crippen molar-refractivity contribution in [3.63, 3.8) is 0 Å². The lowest BCUT2D eigenvalue weighted by molar-refractivity contribution is 0.306. The molecule has 4 nitrogen and oxygen atoms in total. The number of rotatable bonds is 4. The maximum atomic E-state index is 12.4. The summed E-state index contributed by atoms with van der Waals surface area (Å²) in [5, 5.41) is 0. The van der Waals surface area contributed by atoms with Crippen LogP contribution in [0, 0.1) is 5.41 Å². The quantitative estimate of drug-likeness (QED) is 0.715. The van der Waals surface area contributed by atoms with Crippen LogP contribution in [0.15, 0.2) is 65.5 Å². The lowest BCUT2D eigenvalue weighted by Gasteiger charge is -2.13. The topological polar surface area (TPSA) is 44.1 Å². The number of benzene rings is 2. The van der Waals surface area contributed by atoms with E-state index in [0.717, 1.165) is 41.4 Å². The molecule has 0 saturated heterocycles. The van der Waals surface area contributed by atoms with Crippen LogP contribution in [-0.4, -0.2) is 9.55 Å². The summed E-state index contributed by atoms with van der Waals surface area (Å²) in [7, 11) is 0. The molecule has 0 aliphatic carbocycles. The summed E-state index contributed by atoms with van der Waals surface area (Å²) in [5.41, 5.74) is 2.91. The Balaban J connectivity index is 1.53. The molecule has 0 bridgehead atoms. The Morgan fingerprint density at radius 3 is 2.54 bits per heavy atom. The first-order valence-electron chi connectivity index (χ1n) is 8.88. The first-order valence-corrected chi connectivity index (χ1v) is 8.88. The minimum Gasteiger partial charge on any atom is -0.489 e. The SMILES string of the molecule is CC1(C)Cc2nc(-c3ccc(OCc4ccccc4)cc3)cc(=O)n2C1. The van der Waals surface area contributed by atoms with Gasteiger partial charge in [0, 0.05) is 24.6 Å². The molecule has 2 aromatic carbocycles. The van der Waals surface area contributed by atoms with Gasteiger partial charge in [0.25, 0.3) is 5.56 Å². The van der Waals surface area contributed by atoms with Gasteiger partial charge in [0.15, 0.2) is 0 Å². The summed E-state index contributed by atoms with van der Waals surface area (Å²) in [4.78, 5) is 17.1. The lowest BCUT2D eigenvalue weighted by atomic mass is 9.92. The predicted molar refractivity (Wildman–Crippen MR) is 102 cm³/mol. The molecule has 4 rings (SSSR count). The van der Waals surface area contributed by atoms with Crippen LogP contribution in [0.4, 0.5) is 0 Å². The summed E-state index contributed by atoms with van der Waals surface area (Å²) >= 11 is 0. The molecule has 0 unspecified atom stereocenters. The lowest BCUT2D eigenvalue weighted by Crippen LogP contribution is -2.22. The van der Waals surface area contributed by atoms with Crippen LogP contribution >= 0.6 is 0 Å². The van der Waals surface area contributed by atoms with Gasteiger partial charge in [-0.2, -0.15) is 0 Å². The monoisotopic (exact) mass is 346 g/mol. The molecule has 26 heavy (non-hydrogen) atoms. The zero-order chi connectivity index (χ0) is 18.1. The van der Waals surface area contributed by atoms with Gasteiger partial charge in [-0.3, -0.25) is 9.36 Å². The van der Waals surface area contributed by atoms with Crippen LogP contribution in [0.5, 0.6) is 5.75 Å². The molecule has 132 valence electrons. The van der Waals surface area contributed by atoms with Crippen molar-refractivity contribution in [3.8, 4) is 17.0 Å². The van der Waals surface area contributed by atoms with Crippen LogP contribution in [-0.2, 0) is 19.6 Å². The van der Waals surface area contributed by atoms with Gasteiger partial charge in [0.1, 0.15) is 18.2 Å². The molecule has 0 N–H and O–H groups in total. The van der Waals surface area contributed by atoms with Crippen molar-refractivity contribution in [3.05, 3.63) is 82.4 Å². The summed E-state index contributed by atoms with van der Waals surface area (Å²) < 4.78 is 7.61. The van der Waals surface area contributed by atoms with E-state index < -0.39 is 0 Å². The molecule has 0 amide bonds. The van der Waals surface area contributed by atoms with Gasteiger partial charge in [0.2, 0.25) is 0 Å². The molecular formula is C22H22N2O2. The van der Waals surface area contributed by atoms with E-state index in [9.17, 15) is 4.79 Å². The first-order chi connectivity index (χ1) is 12.5.